The molecule has 0 aliphatic heterocycles. The van der Waals surface area contributed by atoms with E-state index in [9.17, 15) is 4.79 Å². The summed E-state index contributed by atoms with van der Waals surface area (Å²) in [4.78, 5) is 17.9. The molecule has 8 heteroatoms. The number of aromatic amines is 1. The summed E-state index contributed by atoms with van der Waals surface area (Å²) in [5, 5.41) is 9.09. The molecule has 0 unspecified atom stereocenters. The van der Waals surface area contributed by atoms with E-state index in [-0.39, 0.29) is 12.3 Å². The van der Waals surface area contributed by atoms with Gasteiger partial charge in [-0.25, -0.2) is 0 Å². The average Bonchev–Trinajstić information content (AvgIpc) is 3.38. The van der Waals surface area contributed by atoms with Gasteiger partial charge in [0.05, 0.1) is 4.88 Å². The number of hydrogen-bond donors (Lipinski definition) is 1. The van der Waals surface area contributed by atoms with E-state index in [1.807, 2.05) is 69.2 Å². The number of pyridine rings is 1. The molecule has 1 N–H and O–H groups in total. The zero-order chi connectivity index (χ0) is 20.1. The zero-order valence-corrected chi connectivity index (χ0v) is 17.2. The molecule has 0 aliphatic rings. The minimum Gasteiger partial charge on any atom is -0.329 e. The summed E-state index contributed by atoms with van der Waals surface area (Å²) in [5.74, 6) is 0.551. The second-order valence-corrected chi connectivity index (χ2v) is 7.74. The molecule has 29 heavy (non-hydrogen) atoms. The number of nitrogens with one attached hydrogen (secondary N) is 1. The van der Waals surface area contributed by atoms with Gasteiger partial charge in [0.15, 0.2) is 10.6 Å². The van der Waals surface area contributed by atoms with Crippen molar-refractivity contribution in [2.75, 3.05) is 0 Å². The first-order valence-electron chi connectivity index (χ1n) is 9.17. The van der Waals surface area contributed by atoms with Crippen molar-refractivity contribution in [2.24, 2.45) is 4.99 Å². The lowest BCUT2D eigenvalue weighted by molar-refractivity contribution is -0.118. The summed E-state index contributed by atoms with van der Waals surface area (Å²) in [6.07, 6.45) is 2.17. The maximum absolute atomic E-state index is 12.6. The molecule has 1 aromatic carbocycles. The lowest BCUT2D eigenvalue weighted by atomic mass is 10.2. The van der Waals surface area contributed by atoms with Gasteiger partial charge < -0.3 is 4.57 Å². The highest BCUT2D eigenvalue weighted by Crippen LogP contribution is 2.22. The summed E-state index contributed by atoms with van der Waals surface area (Å²) in [7, 11) is 0. The first-order valence-corrected chi connectivity index (χ1v) is 10.5. The molecule has 3 heterocycles. The van der Waals surface area contributed by atoms with E-state index in [1.54, 1.807) is 11.3 Å². The number of H-pyrrole nitrogens is 1. The van der Waals surface area contributed by atoms with Crippen LogP contribution in [0.4, 0.5) is 0 Å². The second-order valence-electron chi connectivity index (χ2n) is 6.41. The van der Waals surface area contributed by atoms with Gasteiger partial charge in [-0.1, -0.05) is 42.5 Å². The molecule has 0 spiro atoms. The van der Waals surface area contributed by atoms with E-state index in [0.717, 1.165) is 16.3 Å². The highest BCUT2D eigenvalue weighted by molar-refractivity contribution is 7.71. The van der Waals surface area contributed by atoms with Crippen LogP contribution in [-0.4, -0.2) is 25.2 Å². The van der Waals surface area contributed by atoms with Gasteiger partial charge in [0, 0.05) is 25.7 Å². The molecular weight excluding hydrogens is 402 g/mol. The Balaban J connectivity index is 1.52. The molecule has 146 valence electrons. The maximum Gasteiger partial charge on any atom is 0.249 e. The quantitative estimate of drug-likeness (QED) is 0.478. The Kier molecular flexibility index (Phi) is 5.92. The number of benzene rings is 1. The van der Waals surface area contributed by atoms with E-state index in [2.05, 4.69) is 27.3 Å². The second kappa shape index (κ2) is 8.93. The number of amides is 1. The van der Waals surface area contributed by atoms with E-state index in [0.29, 0.717) is 23.3 Å². The molecule has 3 aromatic heterocycles. The highest BCUT2D eigenvalue weighted by Gasteiger charge is 2.11. The molecule has 0 fully saturated rings. The van der Waals surface area contributed by atoms with Crippen molar-refractivity contribution in [1.82, 2.24) is 19.3 Å². The predicted octanol–water partition coefficient (Wildman–Crippen LogP) is 4.04. The van der Waals surface area contributed by atoms with Crippen LogP contribution in [0.3, 0.4) is 0 Å². The Morgan fingerprint density at radius 2 is 1.93 bits per heavy atom. The van der Waals surface area contributed by atoms with Crippen molar-refractivity contribution >= 4 is 29.5 Å². The molecule has 0 aliphatic carbocycles. The maximum atomic E-state index is 12.6. The van der Waals surface area contributed by atoms with Crippen molar-refractivity contribution in [3.8, 4) is 10.7 Å². The van der Waals surface area contributed by atoms with Crippen molar-refractivity contribution in [1.29, 1.82) is 0 Å². The Bertz CT molecular complexity index is 1220. The van der Waals surface area contributed by atoms with E-state index < -0.39 is 0 Å². The third kappa shape index (κ3) is 4.67. The van der Waals surface area contributed by atoms with Crippen LogP contribution in [-0.2, 0) is 17.9 Å². The van der Waals surface area contributed by atoms with Gasteiger partial charge in [-0.2, -0.15) is 10.1 Å². The van der Waals surface area contributed by atoms with Crippen molar-refractivity contribution in [3.05, 3.63) is 88.1 Å². The van der Waals surface area contributed by atoms with Gasteiger partial charge in [-0.05, 0) is 41.4 Å². The van der Waals surface area contributed by atoms with Crippen molar-refractivity contribution in [3.63, 3.8) is 0 Å². The molecule has 4 aromatic rings. The molecule has 4 rings (SSSR count). The third-order valence-corrected chi connectivity index (χ3v) is 5.58. The fourth-order valence-electron chi connectivity index (χ4n) is 2.99. The third-order valence-electron chi connectivity index (χ3n) is 4.40. The fourth-order valence-corrected chi connectivity index (χ4v) is 3.94. The van der Waals surface area contributed by atoms with Crippen LogP contribution < -0.4 is 5.49 Å². The molecule has 0 radical (unpaired) electrons. The molecule has 0 bridgehead atoms. The summed E-state index contributed by atoms with van der Waals surface area (Å²) >= 11 is 6.91. The smallest absolute Gasteiger partial charge is 0.249 e. The summed E-state index contributed by atoms with van der Waals surface area (Å²) < 4.78 is 4.31. The molecule has 0 saturated heterocycles. The van der Waals surface area contributed by atoms with E-state index in [1.165, 1.54) is 0 Å². The summed E-state index contributed by atoms with van der Waals surface area (Å²) in [5.41, 5.74) is 1.79. The first-order chi connectivity index (χ1) is 14.2. The molecule has 0 saturated carbocycles. The molecule has 6 nitrogen and oxygen atoms in total. The van der Waals surface area contributed by atoms with Crippen molar-refractivity contribution < 1.29 is 4.79 Å². The lowest BCUT2D eigenvalue weighted by Crippen LogP contribution is -2.22. The SMILES string of the molecule is O=C(CCn1c(-c2cccs2)n[nH]c1=S)N=c1ccccn1Cc1ccccc1. The normalized spacial score (nSPS) is 11.7. The van der Waals surface area contributed by atoms with Gasteiger partial charge in [-0.3, -0.25) is 14.5 Å². The molecular formula is C21H19N5OS2. The lowest BCUT2D eigenvalue weighted by Gasteiger charge is -2.07. The Labute approximate surface area is 176 Å². The van der Waals surface area contributed by atoms with Crippen LogP contribution in [0.1, 0.15) is 12.0 Å². The standard InChI is InChI=1S/C21H19N5OS2/c27-19(11-13-26-20(23-24-21(26)28)17-9-6-14-29-17)22-18-10-4-5-12-25(18)15-16-7-2-1-3-8-16/h1-10,12,14H,11,13,15H2,(H,24,28). The number of thiophene rings is 1. The highest BCUT2D eigenvalue weighted by atomic mass is 32.1. The Hall–Kier alpha value is -3.10. The van der Waals surface area contributed by atoms with Crippen LogP contribution in [0.25, 0.3) is 10.7 Å². The summed E-state index contributed by atoms with van der Waals surface area (Å²) in [6.45, 7) is 1.08. The predicted molar refractivity (Wildman–Crippen MR) is 116 cm³/mol. The van der Waals surface area contributed by atoms with Crippen LogP contribution in [0.15, 0.2) is 77.2 Å². The monoisotopic (exact) mass is 421 g/mol. The Morgan fingerprint density at radius 1 is 1.10 bits per heavy atom. The zero-order valence-electron chi connectivity index (χ0n) is 15.6. The van der Waals surface area contributed by atoms with E-state index >= 15 is 0 Å². The van der Waals surface area contributed by atoms with Crippen LogP contribution in [0.2, 0.25) is 0 Å². The molecule has 0 atom stereocenters. The number of nitrogens with zero attached hydrogens (tertiary/aromatic N) is 4. The number of hydrogen-bond acceptors (Lipinski definition) is 4. The van der Waals surface area contributed by atoms with Crippen LogP contribution >= 0.6 is 23.6 Å². The topological polar surface area (TPSA) is 68.0 Å². The van der Waals surface area contributed by atoms with Gasteiger partial charge in [0.2, 0.25) is 5.91 Å². The van der Waals surface area contributed by atoms with Gasteiger partial charge in [0.1, 0.15) is 5.49 Å². The molecule has 1 amide bonds. The summed E-state index contributed by atoms with van der Waals surface area (Å²) in [6, 6.07) is 19.7. The minimum atomic E-state index is -0.196. The first kappa shape index (κ1) is 19.2. The van der Waals surface area contributed by atoms with Gasteiger partial charge in [-0.15, -0.1) is 11.3 Å². The van der Waals surface area contributed by atoms with Crippen LogP contribution in [0, 0.1) is 4.77 Å². The van der Waals surface area contributed by atoms with Crippen molar-refractivity contribution in [2.45, 2.75) is 19.5 Å². The van der Waals surface area contributed by atoms with E-state index in [4.69, 9.17) is 12.2 Å². The van der Waals surface area contributed by atoms with Crippen LogP contribution in [0.5, 0.6) is 0 Å². The number of carbonyl (C=O) groups is 1. The van der Waals surface area contributed by atoms with Gasteiger partial charge in [0.25, 0.3) is 0 Å². The fraction of sp³-hybridized carbons (Fsp3) is 0.143. The Morgan fingerprint density at radius 3 is 2.72 bits per heavy atom. The number of rotatable bonds is 6. The largest absolute Gasteiger partial charge is 0.329 e. The van der Waals surface area contributed by atoms with Gasteiger partial charge >= 0.3 is 0 Å². The number of carbonyl (C=O) groups excluding carboxylic acids is 1. The number of aromatic nitrogens is 4. The average molecular weight is 422 g/mol. The minimum absolute atomic E-state index is 0.196.